The predicted molar refractivity (Wildman–Crippen MR) is 104 cm³/mol. The number of carbonyl (C=O) groups excluding carboxylic acids is 1. The second-order valence-corrected chi connectivity index (χ2v) is 7.87. The van der Waals surface area contributed by atoms with Gasteiger partial charge in [0.25, 0.3) is 0 Å². The molecule has 0 spiro atoms. The van der Waals surface area contributed by atoms with E-state index in [4.69, 9.17) is 4.74 Å². The highest BCUT2D eigenvalue weighted by Gasteiger charge is 2.09. The number of thiazole rings is 1. The summed E-state index contributed by atoms with van der Waals surface area (Å²) in [4.78, 5) is 17.6. The van der Waals surface area contributed by atoms with Crippen LogP contribution in [0.5, 0.6) is 5.75 Å². The number of hydrogen-bond donors (Lipinski definition) is 1. The number of rotatable bonds is 6. The highest BCUT2D eigenvalue weighted by molar-refractivity contribution is 9.10. The Bertz CT molecular complexity index is 849. The van der Waals surface area contributed by atoms with Gasteiger partial charge in [0.15, 0.2) is 5.13 Å². The molecular formula is C17H15BrN2O2S2. The molecule has 124 valence electrons. The van der Waals surface area contributed by atoms with Gasteiger partial charge < -0.3 is 10.1 Å². The van der Waals surface area contributed by atoms with Crippen molar-refractivity contribution in [1.82, 2.24) is 4.98 Å². The zero-order valence-electron chi connectivity index (χ0n) is 12.9. The lowest BCUT2D eigenvalue weighted by Crippen LogP contribution is -2.13. The number of ether oxygens (including phenoxy) is 1. The van der Waals surface area contributed by atoms with Gasteiger partial charge in [0.2, 0.25) is 5.91 Å². The number of aromatic nitrogens is 1. The fourth-order valence-corrected chi connectivity index (χ4v) is 3.92. The number of benzene rings is 2. The van der Waals surface area contributed by atoms with Crippen LogP contribution in [0.3, 0.4) is 0 Å². The zero-order valence-corrected chi connectivity index (χ0v) is 16.1. The molecule has 0 atom stereocenters. The van der Waals surface area contributed by atoms with E-state index in [1.54, 1.807) is 0 Å². The molecule has 0 aliphatic heterocycles. The van der Waals surface area contributed by atoms with E-state index in [0.29, 0.717) is 17.5 Å². The summed E-state index contributed by atoms with van der Waals surface area (Å²) >= 11 is 6.34. The average Bonchev–Trinajstić information content (AvgIpc) is 2.96. The number of thioether (sulfide) groups is 1. The van der Waals surface area contributed by atoms with Gasteiger partial charge in [0.05, 0.1) is 22.6 Å². The first kappa shape index (κ1) is 17.3. The van der Waals surface area contributed by atoms with Crippen molar-refractivity contribution in [3.05, 3.63) is 46.9 Å². The highest BCUT2D eigenvalue weighted by atomic mass is 79.9. The minimum Gasteiger partial charge on any atom is -0.494 e. The van der Waals surface area contributed by atoms with Crippen LogP contribution < -0.4 is 10.1 Å². The third-order valence-electron chi connectivity index (χ3n) is 3.10. The van der Waals surface area contributed by atoms with Crippen LogP contribution in [-0.2, 0) is 4.79 Å². The topological polar surface area (TPSA) is 51.2 Å². The van der Waals surface area contributed by atoms with Gasteiger partial charge >= 0.3 is 0 Å². The van der Waals surface area contributed by atoms with E-state index in [9.17, 15) is 4.79 Å². The van der Waals surface area contributed by atoms with Gasteiger partial charge in [-0.3, -0.25) is 4.79 Å². The lowest BCUT2D eigenvalue weighted by atomic mass is 10.3. The molecule has 0 aliphatic carbocycles. The molecule has 1 N–H and O–H groups in total. The second kappa shape index (κ2) is 8.00. The van der Waals surface area contributed by atoms with Crippen molar-refractivity contribution in [2.45, 2.75) is 11.8 Å². The van der Waals surface area contributed by atoms with E-state index < -0.39 is 0 Å². The number of nitrogens with one attached hydrogen (secondary N) is 1. The molecule has 1 amide bonds. The first-order valence-electron chi connectivity index (χ1n) is 7.35. The van der Waals surface area contributed by atoms with E-state index >= 15 is 0 Å². The average molecular weight is 423 g/mol. The van der Waals surface area contributed by atoms with Gasteiger partial charge in [-0.1, -0.05) is 27.3 Å². The quantitative estimate of drug-likeness (QED) is 0.555. The summed E-state index contributed by atoms with van der Waals surface area (Å²) in [6.45, 7) is 2.58. The molecule has 4 nitrogen and oxygen atoms in total. The highest BCUT2D eigenvalue weighted by Crippen LogP contribution is 2.29. The molecule has 1 heterocycles. The smallest absolute Gasteiger partial charge is 0.236 e. The molecule has 24 heavy (non-hydrogen) atoms. The maximum absolute atomic E-state index is 12.1. The molecule has 3 rings (SSSR count). The SMILES string of the molecule is CCOc1ccc2nc(NC(=O)CSc3ccc(Br)cc3)sc2c1. The van der Waals surface area contributed by atoms with Gasteiger partial charge in [-0.2, -0.15) is 0 Å². The molecular weight excluding hydrogens is 408 g/mol. The third kappa shape index (κ3) is 4.49. The van der Waals surface area contributed by atoms with Crippen molar-refractivity contribution >= 4 is 60.3 Å². The lowest BCUT2D eigenvalue weighted by molar-refractivity contribution is -0.113. The normalized spacial score (nSPS) is 10.8. The van der Waals surface area contributed by atoms with Crippen LogP contribution in [0, 0.1) is 0 Å². The van der Waals surface area contributed by atoms with Crippen molar-refractivity contribution in [2.75, 3.05) is 17.7 Å². The van der Waals surface area contributed by atoms with Crippen LogP contribution in [-0.4, -0.2) is 23.3 Å². The van der Waals surface area contributed by atoms with E-state index in [-0.39, 0.29) is 5.91 Å². The molecule has 0 saturated heterocycles. The molecule has 3 aromatic rings. The Hall–Kier alpha value is -1.57. The van der Waals surface area contributed by atoms with Gasteiger partial charge in [0.1, 0.15) is 5.75 Å². The summed E-state index contributed by atoms with van der Waals surface area (Å²) in [6.07, 6.45) is 0. The van der Waals surface area contributed by atoms with Crippen molar-refractivity contribution in [1.29, 1.82) is 0 Å². The fraction of sp³-hybridized carbons (Fsp3) is 0.176. The minimum atomic E-state index is -0.0630. The van der Waals surface area contributed by atoms with Crippen LogP contribution in [0.2, 0.25) is 0 Å². The predicted octanol–water partition coefficient (Wildman–Crippen LogP) is 5.19. The van der Waals surface area contributed by atoms with Crippen molar-refractivity contribution < 1.29 is 9.53 Å². The lowest BCUT2D eigenvalue weighted by Gasteiger charge is -2.02. The summed E-state index contributed by atoms with van der Waals surface area (Å²) in [5.74, 6) is 1.10. The maximum atomic E-state index is 12.1. The summed E-state index contributed by atoms with van der Waals surface area (Å²) in [5, 5.41) is 3.47. The van der Waals surface area contributed by atoms with E-state index in [1.807, 2.05) is 49.4 Å². The number of amides is 1. The standard InChI is InChI=1S/C17H15BrN2O2S2/c1-2-22-12-5-8-14-15(9-12)24-17(19-14)20-16(21)10-23-13-6-3-11(18)4-7-13/h3-9H,2,10H2,1H3,(H,19,20,21). The number of carbonyl (C=O) groups is 1. The number of nitrogens with zero attached hydrogens (tertiary/aromatic N) is 1. The van der Waals surface area contributed by atoms with Crippen molar-refractivity contribution in [3.8, 4) is 5.75 Å². The van der Waals surface area contributed by atoms with E-state index in [0.717, 1.165) is 25.3 Å². The molecule has 0 bridgehead atoms. The summed E-state index contributed by atoms with van der Waals surface area (Å²) < 4.78 is 7.51. The maximum Gasteiger partial charge on any atom is 0.236 e. The van der Waals surface area contributed by atoms with E-state index in [1.165, 1.54) is 23.1 Å². The zero-order chi connectivity index (χ0) is 16.9. The number of fused-ring (bicyclic) bond motifs is 1. The summed E-state index contributed by atoms with van der Waals surface area (Å²) in [5.41, 5.74) is 0.860. The molecule has 0 unspecified atom stereocenters. The summed E-state index contributed by atoms with van der Waals surface area (Å²) in [7, 11) is 0. The molecule has 7 heteroatoms. The fourth-order valence-electron chi connectivity index (χ4n) is 2.05. The summed E-state index contributed by atoms with van der Waals surface area (Å²) in [6, 6.07) is 13.6. The Morgan fingerprint density at radius 1 is 1.29 bits per heavy atom. The molecule has 0 radical (unpaired) electrons. The first-order chi connectivity index (χ1) is 11.6. The molecule has 0 fully saturated rings. The van der Waals surface area contributed by atoms with Crippen LogP contribution in [0.15, 0.2) is 51.8 Å². The van der Waals surface area contributed by atoms with Gasteiger partial charge in [-0.15, -0.1) is 11.8 Å². The number of hydrogen-bond acceptors (Lipinski definition) is 5. The number of halogens is 1. The largest absolute Gasteiger partial charge is 0.494 e. The minimum absolute atomic E-state index is 0.0630. The Kier molecular flexibility index (Phi) is 5.76. The molecule has 2 aromatic carbocycles. The second-order valence-electron chi connectivity index (χ2n) is 4.87. The van der Waals surface area contributed by atoms with Crippen LogP contribution >= 0.6 is 39.0 Å². The first-order valence-corrected chi connectivity index (χ1v) is 9.95. The Morgan fingerprint density at radius 3 is 2.83 bits per heavy atom. The Morgan fingerprint density at radius 2 is 2.08 bits per heavy atom. The van der Waals surface area contributed by atoms with Crippen molar-refractivity contribution in [2.24, 2.45) is 0 Å². The monoisotopic (exact) mass is 422 g/mol. The molecule has 0 saturated carbocycles. The van der Waals surface area contributed by atoms with Crippen LogP contribution in [0.4, 0.5) is 5.13 Å². The third-order valence-corrected chi connectivity index (χ3v) is 5.58. The van der Waals surface area contributed by atoms with Gasteiger partial charge in [-0.05, 0) is 49.4 Å². The van der Waals surface area contributed by atoms with Gasteiger partial charge in [0, 0.05) is 9.37 Å². The van der Waals surface area contributed by atoms with Crippen LogP contribution in [0.25, 0.3) is 10.2 Å². The van der Waals surface area contributed by atoms with Gasteiger partial charge in [-0.25, -0.2) is 4.98 Å². The molecule has 1 aromatic heterocycles. The number of anilines is 1. The van der Waals surface area contributed by atoms with E-state index in [2.05, 4.69) is 26.2 Å². The van der Waals surface area contributed by atoms with Crippen molar-refractivity contribution in [3.63, 3.8) is 0 Å². The van der Waals surface area contributed by atoms with Crippen LogP contribution in [0.1, 0.15) is 6.92 Å². The Labute approximate surface area is 156 Å². The Balaban J connectivity index is 1.61. The molecule has 0 aliphatic rings.